The number of carbonyl (C=O) groups excluding carboxylic acids is 2. The number of nitrogens with zero attached hydrogens (tertiary/aromatic N) is 1. The lowest BCUT2D eigenvalue weighted by atomic mass is 10.2. The number of hydrogen-bond acceptors (Lipinski definition) is 6. The first kappa shape index (κ1) is 15.8. The third kappa shape index (κ3) is 3.61. The summed E-state index contributed by atoms with van der Waals surface area (Å²) in [6, 6.07) is 10.9. The molecule has 0 aliphatic carbocycles. The quantitative estimate of drug-likeness (QED) is 0.715. The van der Waals surface area contributed by atoms with E-state index in [1.165, 1.54) is 12.5 Å². The molecule has 0 radical (unpaired) electrons. The van der Waals surface area contributed by atoms with E-state index in [-0.39, 0.29) is 22.4 Å². The highest BCUT2D eigenvalue weighted by Crippen LogP contribution is 2.20. The van der Waals surface area contributed by atoms with E-state index < -0.39 is 11.8 Å². The fraction of sp³-hybridized carbons (Fsp3) is 0.0625. The summed E-state index contributed by atoms with van der Waals surface area (Å²) in [5.41, 5.74) is 5.76. The fourth-order valence-electron chi connectivity index (χ4n) is 1.93. The Morgan fingerprint density at radius 2 is 2.04 bits per heavy atom. The van der Waals surface area contributed by atoms with Crippen LogP contribution in [0.2, 0.25) is 0 Å². The number of para-hydroxylation sites is 1. The van der Waals surface area contributed by atoms with Crippen LogP contribution in [0.1, 0.15) is 25.8 Å². The van der Waals surface area contributed by atoms with Crippen LogP contribution in [0, 0.1) is 0 Å². The van der Waals surface area contributed by atoms with Gasteiger partial charge in [0.1, 0.15) is 17.2 Å². The number of nitrogens with one attached hydrogen (secondary N) is 1. The second kappa shape index (κ2) is 6.97. The van der Waals surface area contributed by atoms with Gasteiger partial charge in [-0.05, 0) is 18.2 Å². The second-order valence-corrected chi connectivity index (χ2v) is 5.76. The van der Waals surface area contributed by atoms with Crippen LogP contribution in [0.15, 0.2) is 53.3 Å². The first-order valence-electron chi connectivity index (χ1n) is 6.94. The normalized spacial score (nSPS) is 10.3. The van der Waals surface area contributed by atoms with Crippen LogP contribution in [0.3, 0.4) is 0 Å². The molecule has 8 heteroatoms. The van der Waals surface area contributed by atoms with E-state index >= 15 is 0 Å². The number of aromatic nitrogens is 1. The molecule has 3 N–H and O–H groups in total. The predicted molar refractivity (Wildman–Crippen MR) is 88.1 cm³/mol. The third-order valence-corrected chi connectivity index (χ3v) is 3.99. The summed E-state index contributed by atoms with van der Waals surface area (Å²) in [4.78, 5) is 27.5. The molecule has 1 aromatic carbocycles. The van der Waals surface area contributed by atoms with Gasteiger partial charge in [-0.2, -0.15) is 0 Å². The van der Waals surface area contributed by atoms with Crippen LogP contribution in [-0.4, -0.2) is 16.8 Å². The molecule has 0 saturated carbocycles. The van der Waals surface area contributed by atoms with Crippen LogP contribution in [0.4, 0.5) is 5.13 Å². The van der Waals surface area contributed by atoms with Crippen LogP contribution >= 0.6 is 11.3 Å². The molecule has 0 atom stereocenters. The Kier molecular flexibility index (Phi) is 4.57. The molecule has 0 aliphatic heterocycles. The van der Waals surface area contributed by atoms with Gasteiger partial charge in [-0.3, -0.25) is 14.9 Å². The molecule has 3 aromatic rings. The van der Waals surface area contributed by atoms with Gasteiger partial charge in [0, 0.05) is 5.56 Å². The highest BCUT2D eigenvalue weighted by atomic mass is 32.1. The molecule has 0 unspecified atom stereocenters. The van der Waals surface area contributed by atoms with Gasteiger partial charge in [0.05, 0.1) is 12.5 Å². The molecular formula is C16H13N3O4S. The first-order chi connectivity index (χ1) is 11.6. The van der Waals surface area contributed by atoms with Gasteiger partial charge in [-0.15, -0.1) is 0 Å². The minimum absolute atomic E-state index is 0.127. The van der Waals surface area contributed by atoms with Crippen LogP contribution in [0.5, 0.6) is 5.75 Å². The van der Waals surface area contributed by atoms with E-state index in [0.29, 0.717) is 11.3 Å². The summed E-state index contributed by atoms with van der Waals surface area (Å²) < 4.78 is 10.8. The zero-order chi connectivity index (χ0) is 16.9. The molecule has 24 heavy (non-hydrogen) atoms. The van der Waals surface area contributed by atoms with Crippen molar-refractivity contribution in [1.29, 1.82) is 0 Å². The molecule has 0 saturated heterocycles. The summed E-state index contributed by atoms with van der Waals surface area (Å²) in [6.07, 6.45) is 2.72. The molecule has 2 heterocycles. The van der Waals surface area contributed by atoms with E-state index in [1.54, 1.807) is 6.07 Å². The minimum Gasteiger partial charge on any atom is -0.489 e. The van der Waals surface area contributed by atoms with E-state index in [4.69, 9.17) is 14.9 Å². The summed E-state index contributed by atoms with van der Waals surface area (Å²) in [6.45, 7) is 0.188. The molecular weight excluding hydrogens is 330 g/mol. The van der Waals surface area contributed by atoms with Gasteiger partial charge in [0.25, 0.3) is 11.8 Å². The molecule has 2 amide bonds. The van der Waals surface area contributed by atoms with Gasteiger partial charge in [-0.1, -0.05) is 29.5 Å². The van der Waals surface area contributed by atoms with Crippen molar-refractivity contribution in [3.63, 3.8) is 0 Å². The topological polar surface area (TPSA) is 107 Å². The highest BCUT2D eigenvalue weighted by Gasteiger charge is 2.18. The van der Waals surface area contributed by atoms with E-state index in [0.717, 1.165) is 11.3 Å². The maximum Gasteiger partial charge on any atom is 0.293 e. The van der Waals surface area contributed by atoms with Crippen molar-refractivity contribution in [3.8, 4) is 5.75 Å². The number of primary amides is 1. The standard InChI is InChI=1S/C16H13N3O4S/c17-14(20)12-8-18-16(24-12)19-15(21)13-10(6-7-22-13)9-23-11-4-2-1-3-5-11/h1-8H,9H2,(H2,17,20)(H,18,19,21). The maximum atomic E-state index is 12.3. The summed E-state index contributed by atoms with van der Waals surface area (Å²) in [5.74, 6) is -0.252. The Balaban J connectivity index is 1.67. The van der Waals surface area contributed by atoms with Gasteiger partial charge < -0.3 is 14.9 Å². The lowest BCUT2D eigenvalue weighted by molar-refractivity contribution is 0.0989. The molecule has 0 bridgehead atoms. The molecule has 122 valence electrons. The van der Waals surface area contributed by atoms with Gasteiger partial charge >= 0.3 is 0 Å². The van der Waals surface area contributed by atoms with E-state index in [2.05, 4.69) is 10.3 Å². The summed E-state index contributed by atoms with van der Waals surface area (Å²) in [7, 11) is 0. The van der Waals surface area contributed by atoms with E-state index in [9.17, 15) is 9.59 Å². The van der Waals surface area contributed by atoms with Gasteiger partial charge in [0.2, 0.25) is 0 Å². The molecule has 0 fully saturated rings. The average molecular weight is 343 g/mol. The van der Waals surface area contributed by atoms with Gasteiger partial charge in [0.15, 0.2) is 10.9 Å². The van der Waals surface area contributed by atoms with Crippen LogP contribution in [0.25, 0.3) is 0 Å². The Morgan fingerprint density at radius 1 is 1.25 bits per heavy atom. The Morgan fingerprint density at radius 3 is 2.75 bits per heavy atom. The monoisotopic (exact) mass is 343 g/mol. The maximum absolute atomic E-state index is 12.3. The van der Waals surface area contributed by atoms with Crippen molar-refractivity contribution in [1.82, 2.24) is 4.98 Å². The first-order valence-corrected chi connectivity index (χ1v) is 7.76. The zero-order valence-corrected chi connectivity index (χ0v) is 13.2. The number of carbonyl (C=O) groups is 2. The average Bonchev–Trinajstić information content (AvgIpc) is 3.23. The number of ether oxygens (including phenoxy) is 1. The summed E-state index contributed by atoms with van der Waals surface area (Å²) >= 11 is 0.992. The van der Waals surface area contributed by atoms with Crippen molar-refractivity contribution in [2.24, 2.45) is 5.73 Å². The lowest BCUT2D eigenvalue weighted by Gasteiger charge is -2.06. The molecule has 3 rings (SSSR count). The lowest BCUT2D eigenvalue weighted by Crippen LogP contribution is -2.13. The number of benzene rings is 1. The van der Waals surface area contributed by atoms with Crippen molar-refractivity contribution in [2.45, 2.75) is 6.61 Å². The largest absolute Gasteiger partial charge is 0.489 e. The number of anilines is 1. The molecule has 2 aromatic heterocycles. The number of thiazole rings is 1. The SMILES string of the molecule is NC(=O)c1cnc(NC(=O)c2occc2COc2ccccc2)s1. The second-order valence-electron chi connectivity index (χ2n) is 4.72. The van der Waals surface area contributed by atoms with Crippen LogP contribution in [-0.2, 0) is 6.61 Å². The van der Waals surface area contributed by atoms with Crippen LogP contribution < -0.4 is 15.8 Å². The van der Waals surface area contributed by atoms with Crippen molar-refractivity contribution in [3.05, 3.63) is 65.1 Å². The Bertz CT molecular complexity index is 857. The highest BCUT2D eigenvalue weighted by molar-refractivity contribution is 7.17. The predicted octanol–water partition coefficient (Wildman–Crippen LogP) is 2.67. The smallest absolute Gasteiger partial charge is 0.293 e. The molecule has 0 spiro atoms. The van der Waals surface area contributed by atoms with E-state index in [1.807, 2.05) is 30.3 Å². The van der Waals surface area contributed by atoms with Crippen molar-refractivity contribution >= 4 is 28.3 Å². The molecule has 7 nitrogen and oxygen atoms in total. The summed E-state index contributed by atoms with van der Waals surface area (Å²) in [5, 5.41) is 2.83. The Labute approximate surface area is 141 Å². The number of amides is 2. The molecule has 0 aliphatic rings. The number of hydrogen-bond donors (Lipinski definition) is 2. The zero-order valence-electron chi connectivity index (χ0n) is 12.4. The Hall–Kier alpha value is -3.13. The van der Waals surface area contributed by atoms with Gasteiger partial charge in [-0.25, -0.2) is 4.98 Å². The number of nitrogens with two attached hydrogens (primary N) is 1. The van der Waals surface area contributed by atoms with Crippen molar-refractivity contribution in [2.75, 3.05) is 5.32 Å². The van der Waals surface area contributed by atoms with Crippen molar-refractivity contribution < 1.29 is 18.7 Å². The number of rotatable bonds is 6. The minimum atomic E-state index is -0.594. The fourth-order valence-corrected chi connectivity index (χ4v) is 2.59. The number of furan rings is 1. The third-order valence-electron chi connectivity index (χ3n) is 3.06.